The average Bonchev–Trinajstić information content (AvgIpc) is 3.14. The van der Waals surface area contributed by atoms with Gasteiger partial charge in [0.2, 0.25) is 0 Å². The van der Waals surface area contributed by atoms with Crippen molar-refractivity contribution >= 4 is 0 Å². The molecule has 0 N–H and O–H groups in total. The molecule has 0 amide bonds. The summed E-state index contributed by atoms with van der Waals surface area (Å²) in [5.74, 6) is 1.71. The Kier molecular flexibility index (Phi) is 3.96. The predicted octanol–water partition coefficient (Wildman–Crippen LogP) is 2.53. The molecule has 5 heteroatoms. The van der Waals surface area contributed by atoms with Crippen molar-refractivity contribution in [3.05, 3.63) is 17.5 Å². The highest BCUT2D eigenvalue weighted by Crippen LogP contribution is 2.37. The Morgan fingerprint density at radius 1 is 1.45 bits per heavy atom. The molecule has 5 nitrogen and oxygen atoms in total. The number of rotatable bonds is 5. The van der Waals surface area contributed by atoms with Crippen LogP contribution in [0, 0.1) is 12.8 Å². The smallest absolute Gasteiger partial charge is 0.133 e. The molecule has 22 heavy (non-hydrogen) atoms. The second-order valence-corrected chi connectivity index (χ2v) is 7.34. The highest BCUT2D eigenvalue weighted by atomic mass is 16.6. The number of likely N-dealkylation sites (tertiary alicyclic amines) is 1. The zero-order valence-electron chi connectivity index (χ0n) is 13.4. The number of piperidine rings is 1. The lowest BCUT2D eigenvalue weighted by atomic mass is 9.89. The van der Waals surface area contributed by atoms with Gasteiger partial charge in [-0.05, 0) is 45.1 Å². The lowest BCUT2D eigenvalue weighted by Gasteiger charge is -2.39. The molecular formula is C17H26N2O3. The summed E-state index contributed by atoms with van der Waals surface area (Å²) in [4.78, 5) is 2.45. The summed E-state index contributed by atoms with van der Waals surface area (Å²) in [5, 5.41) is 4.11. The molecule has 1 aromatic rings. The molecule has 1 aromatic heterocycles. The predicted molar refractivity (Wildman–Crippen MR) is 81.5 cm³/mol. The van der Waals surface area contributed by atoms with Crippen LogP contribution in [0.15, 0.2) is 10.6 Å². The van der Waals surface area contributed by atoms with Crippen LogP contribution in [0.3, 0.4) is 0 Å². The van der Waals surface area contributed by atoms with Gasteiger partial charge >= 0.3 is 0 Å². The van der Waals surface area contributed by atoms with Crippen LogP contribution >= 0.6 is 0 Å². The summed E-state index contributed by atoms with van der Waals surface area (Å²) in [7, 11) is 0. The van der Waals surface area contributed by atoms with Crippen LogP contribution in [-0.4, -0.2) is 48.1 Å². The summed E-state index contributed by atoms with van der Waals surface area (Å²) in [6.45, 7) is 6.61. The normalized spacial score (nSPS) is 32.9. The molecule has 2 aliphatic heterocycles. The minimum atomic E-state index is 0.00521. The molecule has 122 valence electrons. The molecule has 3 heterocycles. The molecule has 3 aliphatic rings. The monoisotopic (exact) mass is 306 g/mol. The van der Waals surface area contributed by atoms with Crippen molar-refractivity contribution in [1.29, 1.82) is 0 Å². The van der Waals surface area contributed by atoms with E-state index in [2.05, 4.69) is 10.1 Å². The van der Waals surface area contributed by atoms with E-state index in [-0.39, 0.29) is 5.60 Å². The lowest BCUT2D eigenvalue weighted by molar-refractivity contribution is -0.0550. The maximum absolute atomic E-state index is 6.21. The summed E-state index contributed by atoms with van der Waals surface area (Å²) in [5.41, 5.74) is 1.03. The van der Waals surface area contributed by atoms with E-state index < -0.39 is 0 Å². The summed E-state index contributed by atoms with van der Waals surface area (Å²) in [6, 6.07) is 2.03. The molecule has 1 spiro atoms. The molecule has 1 aliphatic carbocycles. The maximum Gasteiger partial charge on any atom is 0.133 e. The minimum Gasteiger partial charge on any atom is -0.375 e. The van der Waals surface area contributed by atoms with Crippen molar-refractivity contribution < 1.29 is 14.0 Å². The number of aryl methyl sites for hydroxylation is 1. The van der Waals surface area contributed by atoms with Crippen LogP contribution in [0.2, 0.25) is 0 Å². The maximum atomic E-state index is 6.21. The number of nitrogens with zero attached hydrogens (tertiary/aromatic N) is 2. The highest BCUT2D eigenvalue weighted by Gasteiger charge is 2.44. The summed E-state index contributed by atoms with van der Waals surface area (Å²) in [6.07, 6.45) is 6.40. The van der Waals surface area contributed by atoms with Crippen molar-refractivity contribution in [1.82, 2.24) is 10.1 Å². The first-order valence-electron chi connectivity index (χ1n) is 8.61. The topological polar surface area (TPSA) is 47.7 Å². The van der Waals surface area contributed by atoms with Crippen LogP contribution in [0.5, 0.6) is 0 Å². The van der Waals surface area contributed by atoms with Gasteiger partial charge in [-0.15, -0.1) is 0 Å². The molecular weight excluding hydrogens is 280 g/mol. The second-order valence-electron chi connectivity index (χ2n) is 7.34. The molecule has 0 aromatic carbocycles. The van der Waals surface area contributed by atoms with Gasteiger partial charge in [0.15, 0.2) is 0 Å². The fraction of sp³-hybridized carbons (Fsp3) is 0.824. The highest BCUT2D eigenvalue weighted by molar-refractivity contribution is 5.04. The SMILES string of the molecule is Cc1cc(CN2CCC[C@]3(C[C@H](OCC4CC4)CO3)C2)no1. The molecule has 0 bridgehead atoms. The largest absolute Gasteiger partial charge is 0.375 e. The molecule has 4 rings (SSSR count). The van der Waals surface area contributed by atoms with Gasteiger partial charge in [0, 0.05) is 32.2 Å². The third-order valence-corrected chi connectivity index (χ3v) is 5.12. The van der Waals surface area contributed by atoms with Gasteiger partial charge in [0.05, 0.1) is 24.0 Å². The molecule has 0 radical (unpaired) electrons. The fourth-order valence-electron chi connectivity index (χ4n) is 3.80. The zero-order chi connectivity index (χ0) is 15.0. The first kappa shape index (κ1) is 14.7. The standard InChI is InChI=1S/C17H26N2O3/c1-13-7-15(18-22-13)9-19-6-2-5-17(12-19)8-16(11-21-17)20-10-14-3-4-14/h7,14,16H,2-6,8-12H2,1H3/t16-,17-/m0/s1. The number of ether oxygens (including phenoxy) is 2. The molecule has 0 unspecified atom stereocenters. The van der Waals surface area contributed by atoms with Gasteiger partial charge in [0.25, 0.3) is 0 Å². The Hall–Kier alpha value is -0.910. The van der Waals surface area contributed by atoms with Crippen LogP contribution in [0.4, 0.5) is 0 Å². The third kappa shape index (κ3) is 3.36. The molecule has 2 atom stereocenters. The third-order valence-electron chi connectivity index (χ3n) is 5.12. The van der Waals surface area contributed by atoms with Crippen LogP contribution < -0.4 is 0 Å². The van der Waals surface area contributed by atoms with Crippen LogP contribution in [0.25, 0.3) is 0 Å². The van der Waals surface area contributed by atoms with Gasteiger partial charge in [-0.25, -0.2) is 0 Å². The van der Waals surface area contributed by atoms with Gasteiger partial charge in [-0.3, -0.25) is 4.90 Å². The second kappa shape index (κ2) is 5.95. The van der Waals surface area contributed by atoms with Crippen molar-refractivity contribution in [3.8, 4) is 0 Å². The lowest BCUT2D eigenvalue weighted by Crippen LogP contribution is -2.47. The van der Waals surface area contributed by atoms with Crippen LogP contribution in [-0.2, 0) is 16.0 Å². The van der Waals surface area contributed by atoms with E-state index in [1.54, 1.807) is 0 Å². The fourth-order valence-corrected chi connectivity index (χ4v) is 3.80. The Labute approximate surface area is 131 Å². The van der Waals surface area contributed by atoms with Crippen LogP contribution in [0.1, 0.15) is 43.6 Å². The van der Waals surface area contributed by atoms with Crippen molar-refractivity contribution in [2.75, 3.05) is 26.3 Å². The Balaban J connectivity index is 1.32. The van der Waals surface area contributed by atoms with E-state index >= 15 is 0 Å². The first-order valence-corrected chi connectivity index (χ1v) is 8.61. The van der Waals surface area contributed by atoms with E-state index in [4.69, 9.17) is 14.0 Å². The Morgan fingerprint density at radius 2 is 2.36 bits per heavy atom. The quantitative estimate of drug-likeness (QED) is 0.836. The zero-order valence-corrected chi connectivity index (χ0v) is 13.4. The summed E-state index contributed by atoms with van der Waals surface area (Å²) < 4.78 is 17.4. The summed E-state index contributed by atoms with van der Waals surface area (Å²) >= 11 is 0. The number of hydrogen-bond acceptors (Lipinski definition) is 5. The number of aromatic nitrogens is 1. The average molecular weight is 306 g/mol. The molecule has 3 fully saturated rings. The van der Waals surface area contributed by atoms with E-state index in [1.807, 2.05) is 13.0 Å². The van der Waals surface area contributed by atoms with Crippen molar-refractivity contribution in [2.45, 2.75) is 57.3 Å². The van der Waals surface area contributed by atoms with Gasteiger partial charge < -0.3 is 14.0 Å². The molecule has 2 saturated heterocycles. The van der Waals surface area contributed by atoms with E-state index in [1.165, 1.54) is 19.3 Å². The first-order chi connectivity index (χ1) is 10.7. The minimum absolute atomic E-state index is 0.00521. The Bertz CT molecular complexity index is 514. The van der Waals surface area contributed by atoms with Crippen molar-refractivity contribution in [2.24, 2.45) is 5.92 Å². The van der Waals surface area contributed by atoms with Gasteiger partial charge in [-0.2, -0.15) is 0 Å². The van der Waals surface area contributed by atoms with E-state index in [9.17, 15) is 0 Å². The molecule has 1 saturated carbocycles. The van der Waals surface area contributed by atoms with E-state index in [0.29, 0.717) is 6.10 Å². The Morgan fingerprint density at radius 3 is 3.14 bits per heavy atom. The van der Waals surface area contributed by atoms with Gasteiger partial charge in [-0.1, -0.05) is 5.16 Å². The van der Waals surface area contributed by atoms with Gasteiger partial charge in [0.1, 0.15) is 5.76 Å². The number of hydrogen-bond donors (Lipinski definition) is 0. The van der Waals surface area contributed by atoms with Crippen molar-refractivity contribution in [3.63, 3.8) is 0 Å². The van der Waals surface area contributed by atoms with E-state index in [0.717, 1.165) is 63.1 Å².